The van der Waals surface area contributed by atoms with E-state index in [9.17, 15) is 18.0 Å². The van der Waals surface area contributed by atoms with E-state index < -0.39 is 12.1 Å². The Kier molecular flexibility index (Phi) is 4.26. The number of rotatable bonds is 5. The molecule has 3 aromatic rings. The third kappa shape index (κ3) is 3.84. The Labute approximate surface area is 139 Å². The van der Waals surface area contributed by atoms with Crippen LogP contribution in [0.1, 0.15) is 16.2 Å². The number of Topliss-reactive ketones (excluding diaryl/α,β-unsaturated/α-hetero) is 1. The Morgan fingerprint density at radius 2 is 1.96 bits per heavy atom. The number of hydrogen-bond donors (Lipinski definition) is 0. The molecule has 0 aliphatic carbocycles. The van der Waals surface area contributed by atoms with E-state index in [1.165, 1.54) is 28.9 Å². The summed E-state index contributed by atoms with van der Waals surface area (Å²) in [4.78, 5) is 15.3. The van der Waals surface area contributed by atoms with E-state index in [1.807, 2.05) is 0 Å². The van der Waals surface area contributed by atoms with Crippen LogP contribution in [0.25, 0.3) is 11.4 Å². The number of aromatic nitrogens is 4. The van der Waals surface area contributed by atoms with E-state index in [2.05, 4.69) is 19.8 Å². The summed E-state index contributed by atoms with van der Waals surface area (Å²) in [5.74, 6) is -1.62. The summed E-state index contributed by atoms with van der Waals surface area (Å²) in [6, 6.07) is 7.37. The Bertz CT molecular complexity index is 884. The average molecular weight is 352 g/mol. The maximum Gasteiger partial charge on any atom is 0.471 e. The fourth-order valence-electron chi connectivity index (χ4n) is 1.95. The summed E-state index contributed by atoms with van der Waals surface area (Å²) in [5.41, 5.74) is 0.626. The second-order valence-corrected chi connectivity index (χ2v) is 5.04. The molecule has 0 bridgehead atoms. The minimum absolute atomic E-state index is 0.212. The molecule has 2 heterocycles. The maximum absolute atomic E-state index is 12.5. The van der Waals surface area contributed by atoms with E-state index in [1.54, 1.807) is 19.3 Å². The molecule has 0 radical (unpaired) electrons. The largest absolute Gasteiger partial charge is 0.471 e. The topological polar surface area (TPSA) is 83.0 Å². The zero-order valence-corrected chi connectivity index (χ0v) is 12.8. The first-order valence-electron chi connectivity index (χ1n) is 7.00. The van der Waals surface area contributed by atoms with Crippen LogP contribution >= 0.6 is 0 Å². The normalized spacial score (nSPS) is 11.5. The summed E-state index contributed by atoms with van der Waals surface area (Å²) < 4.78 is 48.3. The van der Waals surface area contributed by atoms with E-state index in [0.717, 1.165) is 0 Å². The van der Waals surface area contributed by atoms with Crippen molar-refractivity contribution < 1.29 is 27.2 Å². The van der Waals surface area contributed by atoms with Crippen LogP contribution in [0.2, 0.25) is 0 Å². The van der Waals surface area contributed by atoms with Gasteiger partial charge in [-0.3, -0.25) is 9.48 Å². The molecule has 25 heavy (non-hydrogen) atoms. The lowest BCUT2D eigenvalue weighted by atomic mass is 10.1. The van der Waals surface area contributed by atoms with Crippen LogP contribution in [0.15, 0.2) is 41.1 Å². The van der Waals surface area contributed by atoms with Gasteiger partial charge in [-0.15, -0.1) is 5.10 Å². The summed E-state index contributed by atoms with van der Waals surface area (Å²) in [6.07, 6.45) is -3.03. The SMILES string of the molecule is Cn1ccc(OCC(=O)c2ccc(-c3noc(C(F)(F)F)n3)cc2)n1. The molecule has 130 valence electrons. The van der Waals surface area contributed by atoms with Crippen LogP contribution < -0.4 is 4.74 Å². The molecule has 7 nitrogen and oxygen atoms in total. The molecule has 3 rings (SSSR count). The summed E-state index contributed by atoms with van der Waals surface area (Å²) in [6.45, 7) is -0.212. The van der Waals surface area contributed by atoms with Crippen molar-refractivity contribution in [3.05, 3.63) is 48.0 Å². The van der Waals surface area contributed by atoms with Crippen molar-refractivity contribution in [2.75, 3.05) is 6.61 Å². The fraction of sp³-hybridized carbons (Fsp3) is 0.200. The first kappa shape index (κ1) is 16.7. The first-order valence-corrected chi connectivity index (χ1v) is 7.00. The van der Waals surface area contributed by atoms with Crippen LogP contribution in [-0.4, -0.2) is 32.3 Å². The molecule has 0 amide bonds. The molecule has 0 aliphatic rings. The maximum atomic E-state index is 12.5. The molecule has 0 aliphatic heterocycles. The molecule has 0 N–H and O–H groups in total. The molecule has 0 unspecified atom stereocenters. The van der Waals surface area contributed by atoms with Gasteiger partial charge in [0.05, 0.1) is 0 Å². The Balaban J connectivity index is 1.67. The number of halogens is 3. The van der Waals surface area contributed by atoms with E-state index in [-0.39, 0.29) is 18.2 Å². The number of ketones is 1. The highest BCUT2D eigenvalue weighted by molar-refractivity contribution is 5.97. The molecule has 1 aromatic carbocycles. The van der Waals surface area contributed by atoms with Gasteiger partial charge in [-0.25, -0.2) is 0 Å². The summed E-state index contributed by atoms with van der Waals surface area (Å²) >= 11 is 0. The zero-order valence-electron chi connectivity index (χ0n) is 12.8. The predicted molar refractivity (Wildman–Crippen MR) is 77.8 cm³/mol. The molecule has 0 atom stereocenters. The number of carbonyl (C=O) groups excluding carboxylic acids is 1. The van der Waals surface area contributed by atoms with Gasteiger partial charge in [0.2, 0.25) is 11.7 Å². The lowest BCUT2D eigenvalue weighted by Gasteiger charge is -2.03. The van der Waals surface area contributed by atoms with Crippen molar-refractivity contribution in [2.24, 2.45) is 7.05 Å². The Hall–Kier alpha value is -3.17. The smallest absolute Gasteiger partial charge is 0.468 e. The van der Waals surface area contributed by atoms with Gasteiger partial charge in [-0.05, 0) is 0 Å². The highest BCUT2D eigenvalue weighted by Gasteiger charge is 2.38. The van der Waals surface area contributed by atoms with Gasteiger partial charge in [0.25, 0.3) is 0 Å². The van der Waals surface area contributed by atoms with E-state index in [4.69, 9.17) is 4.74 Å². The van der Waals surface area contributed by atoms with Crippen molar-refractivity contribution in [3.63, 3.8) is 0 Å². The van der Waals surface area contributed by atoms with Crippen LogP contribution in [-0.2, 0) is 13.2 Å². The van der Waals surface area contributed by atoms with Crippen LogP contribution in [0.3, 0.4) is 0 Å². The minimum atomic E-state index is -4.70. The number of nitrogens with zero attached hydrogens (tertiary/aromatic N) is 4. The molecule has 0 fully saturated rings. The molecular weight excluding hydrogens is 341 g/mol. The number of aryl methyl sites for hydroxylation is 1. The average Bonchev–Trinajstić information content (AvgIpc) is 3.21. The number of benzene rings is 1. The van der Waals surface area contributed by atoms with Crippen molar-refractivity contribution >= 4 is 5.78 Å². The van der Waals surface area contributed by atoms with Crippen molar-refractivity contribution in [1.82, 2.24) is 19.9 Å². The lowest BCUT2D eigenvalue weighted by Crippen LogP contribution is -2.11. The highest BCUT2D eigenvalue weighted by atomic mass is 19.4. The highest BCUT2D eigenvalue weighted by Crippen LogP contribution is 2.29. The van der Waals surface area contributed by atoms with Gasteiger partial charge in [0.1, 0.15) is 0 Å². The van der Waals surface area contributed by atoms with Gasteiger partial charge in [-0.2, -0.15) is 18.2 Å². The number of alkyl halides is 3. The third-order valence-electron chi connectivity index (χ3n) is 3.17. The predicted octanol–water partition coefficient (Wildman–Crippen LogP) is 2.75. The Morgan fingerprint density at radius 3 is 2.52 bits per heavy atom. The molecule has 2 aromatic heterocycles. The fourth-order valence-corrected chi connectivity index (χ4v) is 1.95. The number of ether oxygens (including phenoxy) is 1. The summed E-state index contributed by atoms with van der Waals surface area (Å²) in [5, 5.41) is 7.26. The first-order chi connectivity index (χ1) is 11.8. The standard InChI is InChI=1S/C15H11F3N4O3/c1-22-7-6-12(20-22)24-8-11(23)9-2-4-10(5-3-9)13-19-14(25-21-13)15(16,17)18/h2-7H,8H2,1H3. The Morgan fingerprint density at radius 1 is 1.24 bits per heavy atom. The lowest BCUT2D eigenvalue weighted by molar-refractivity contribution is -0.159. The van der Waals surface area contributed by atoms with Crippen molar-refractivity contribution in [2.45, 2.75) is 6.18 Å². The zero-order chi connectivity index (χ0) is 18.0. The number of hydrogen-bond acceptors (Lipinski definition) is 6. The molecular formula is C15H11F3N4O3. The molecule has 0 saturated heterocycles. The van der Waals surface area contributed by atoms with E-state index >= 15 is 0 Å². The summed E-state index contributed by atoms with van der Waals surface area (Å²) in [7, 11) is 1.72. The molecule has 0 spiro atoms. The second-order valence-electron chi connectivity index (χ2n) is 5.04. The quantitative estimate of drug-likeness (QED) is 0.657. The molecule has 0 saturated carbocycles. The minimum Gasteiger partial charge on any atom is -0.468 e. The van der Waals surface area contributed by atoms with Gasteiger partial charge in [-0.1, -0.05) is 29.4 Å². The van der Waals surface area contributed by atoms with Crippen LogP contribution in [0.5, 0.6) is 5.88 Å². The second kappa shape index (κ2) is 6.38. The van der Waals surface area contributed by atoms with Gasteiger partial charge >= 0.3 is 12.1 Å². The molecule has 10 heteroatoms. The van der Waals surface area contributed by atoms with Crippen LogP contribution in [0, 0.1) is 0 Å². The monoisotopic (exact) mass is 352 g/mol. The van der Waals surface area contributed by atoms with Crippen molar-refractivity contribution in [1.29, 1.82) is 0 Å². The van der Waals surface area contributed by atoms with Crippen molar-refractivity contribution in [3.8, 4) is 17.3 Å². The van der Waals surface area contributed by atoms with Gasteiger partial charge in [0, 0.05) is 30.4 Å². The van der Waals surface area contributed by atoms with Gasteiger partial charge in [0.15, 0.2) is 12.4 Å². The van der Waals surface area contributed by atoms with Crippen LogP contribution in [0.4, 0.5) is 13.2 Å². The van der Waals surface area contributed by atoms with Gasteiger partial charge < -0.3 is 9.26 Å². The van der Waals surface area contributed by atoms with E-state index in [0.29, 0.717) is 17.0 Å². The number of carbonyl (C=O) groups is 1. The third-order valence-corrected chi connectivity index (χ3v) is 3.17.